The standard InChI is InChI=1S/C23H22F3N3O/c1-14(2)19-18-20(28-12-11-27-19)22(30)29(17-9-4-3-5-10-17)21(18)15-7-6-8-16(13-15)23(24,25)26/h3-10,13-14,21,27H,11-12H2,1-2H3. The van der Waals surface area contributed by atoms with Gasteiger partial charge in [-0.25, -0.2) is 0 Å². The number of allylic oxidation sites excluding steroid dienone is 1. The molecule has 0 spiro atoms. The smallest absolute Gasteiger partial charge is 0.386 e. The Morgan fingerprint density at radius 3 is 2.50 bits per heavy atom. The quantitative estimate of drug-likeness (QED) is 0.790. The summed E-state index contributed by atoms with van der Waals surface area (Å²) in [6.45, 7) is 5.00. The first-order valence-electron chi connectivity index (χ1n) is 9.87. The molecule has 0 bridgehead atoms. The zero-order chi connectivity index (χ0) is 21.5. The van der Waals surface area contributed by atoms with E-state index < -0.39 is 17.8 Å². The Labute approximate surface area is 173 Å². The summed E-state index contributed by atoms with van der Waals surface area (Å²) in [5, 5.41) is 3.35. The third kappa shape index (κ3) is 3.49. The van der Waals surface area contributed by atoms with E-state index in [4.69, 9.17) is 0 Å². The van der Waals surface area contributed by atoms with Crippen molar-refractivity contribution in [2.75, 3.05) is 18.0 Å². The van der Waals surface area contributed by atoms with Crippen molar-refractivity contribution in [3.63, 3.8) is 0 Å². The molecule has 0 aromatic heterocycles. The minimum atomic E-state index is -4.47. The minimum absolute atomic E-state index is 0.0557. The summed E-state index contributed by atoms with van der Waals surface area (Å²) in [7, 11) is 0. The van der Waals surface area contributed by atoms with Gasteiger partial charge in [-0.3, -0.25) is 14.7 Å². The second-order valence-electron chi connectivity index (χ2n) is 7.68. The van der Waals surface area contributed by atoms with Crippen molar-refractivity contribution >= 4 is 17.3 Å². The molecule has 30 heavy (non-hydrogen) atoms. The monoisotopic (exact) mass is 413 g/mol. The van der Waals surface area contributed by atoms with Gasteiger partial charge in [0, 0.05) is 23.5 Å². The van der Waals surface area contributed by atoms with Crippen molar-refractivity contribution in [1.29, 1.82) is 0 Å². The number of benzene rings is 2. The average Bonchev–Trinajstić information content (AvgIpc) is 2.86. The van der Waals surface area contributed by atoms with E-state index in [0.29, 0.717) is 35.6 Å². The molecule has 1 fully saturated rings. The SMILES string of the molecule is CC(C)C1=C2C(=NCCN1)C(=O)N(c1ccccc1)C2c1cccc(C(F)(F)F)c1. The van der Waals surface area contributed by atoms with Gasteiger partial charge in [-0.1, -0.05) is 44.2 Å². The second kappa shape index (κ2) is 7.63. The summed E-state index contributed by atoms with van der Waals surface area (Å²) in [6, 6.07) is 13.5. The van der Waals surface area contributed by atoms with E-state index in [-0.39, 0.29) is 11.8 Å². The van der Waals surface area contributed by atoms with E-state index >= 15 is 0 Å². The van der Waals surface area contributed by atoms with Gasteiger partial charge >= 0.3 is 6.18 Å². The van der Waals surface area contributed by atoms with E-state index in [1.165, 1.54) is 6.07 Å². The van der Waals surface area contributed by atoms with Crippen LogP contribution in [0.2, 0.25) is 0 Å². The Hall–Kier alpha value is -3.09. The minimum Gasteiger partial charge on any atom is -0.386 e. The molecule has 1 unspecified atom stereocenters. The van der Waals surface area contributed by atoms with Gasteiger partial charge in [0.15, 0.2) is 0 Å². The number of fused-ring (bicyclic) bond motifs is 1. The number of anilines is 1. The van der Waals surface area contributed by atoms with Gasteiger partial charge < -0.3 is 5.32 Å². The number of carbonyl (C=O) groups excluding carboxylic acids is 1. The number of hydrogen-bond acceptors (Lipinski definition) is 3. The van der Waals surface area contributed by atoms with Crippen LogP contribution in [0.1, 0.15) is 31.0 Å². The van der Waals surface area contributed by atoms with Crippen LogP contribution >= 0.6 is 0 Å². The number of para-hydroxylation sites is 1. The highest BCUT2D eigenvalue weighted by molar-refractivity contribution is 6.53. The fourth-order valence-corrected chi connectivity index (χ4v) is 4.06. The third-order valence-corrected chi connectivity index (χ3v) is 5.34. The van der Waals surface area contributed by atoms with Gasteiger partial charge in [0.2, 0.25) is 0 Å². The highest BCUT2D eigenvalue weighted by atomic mass is 19.4. The van der Waals surface area contributed by atoms with Crippen molar-refractivity contribution in [1.82, 2.24) is 5.32 Å². The number of alkyl halides is 3. The molecule has 0 aliphatic carbocycles. The molecule has 2 aliphatic rings. The van der Waals surface area contributed by atoms with Crippen LogP contribution < -0.4 is 10.2 Å². The van der Waals surface area contributed by atoms with E-state index in [0.717, 1.165) is 17.8 Å². The molecule has 2 aliphatic heterocycles. The zero-order valence-electron chi connectivity index (χ0n) is 16.7. The van der Waals surface area contributed by atoms with Gasteiger partial charge in [-0.2, -0.15) is 13.2 Å². The lowest BCUT2D eigenvalue weighted by atomic mass is 9.91. The van der Waals surface area contributed by atoms with Crippen molar-refractivity contribution < 1.29 is 18.0 Å². The van der Waals surface area contributed by atoms with Crippen LogP contribution in [0.4, 0.5) is 18.9 Å². The fraction of sp³-hybridized carbons (Fsp3) is 0.304. The number of hydrogen-bond donors (Lipinski definition) is 1. The Morgan fingerprint density at radius 1 is 1.10 bits per heavy atom. The van der Waals surface area contributed by atoms with Gasteiger partial charge in [0.25, 0.3) is 5.91 Å². The number of aliphatic imine (C=N–C) groups is 1. The lowest BCUT2D eigenvalue weighted by Gasteiger charge is -2.28. The largest absolute Gasteiger partial charge is 0.416 e. The van der Waals surface area contributed by atoms with Crippen molar-refractivity contribution in [2.24, 2.45) is 10.9 Å². The first-order valence-corrected chi connectivity index (χ1v) is 9.87. The molecule has 0 radical (unpaired) electrons. The Balaban J connectivity index is 1.98. The average molecular weight is 413 g/mol. The summed E-state index contributed by atoms with van der Waals surface area (Å²) >= 11 is 0. The van der Waals surface area contributed by atoms with Crippen LogP contribution in [-0.2, 0) is 11.0 Å². The molecule has 7 heteroatoms. The van der Waals surface area contributed by atoms with Crippen molar-refractivity contribution in [2.45, 2.75) is 26.1 Å². The zero-order valence-corrected chi connectivity index (χ0v) is 16.7. The second-order valence-corrected chi connectivity index (χ2v) is 7.68. The predicted molar refractivity (Wildman–Crippen MR) is 110 cm³/mol. The molecular formula is C23H22F3N3O. The van der Waals surface area contributed by atoms with Crippen LogP contribution in [0, 0.1) is 5.92 Å². The lowest BCUT2D eigenvalue weighted by Crippen LogP contribution is -2.30. The summed E-state index contributed by atoms with van der Waals surface area (Å²) in [5.74, 6) is -0.236. The molecule has 1 amide bonds. The Kier molecular flexibility index (Phi) is 5.13. The topological polar surface area (TPSA) is 44.7 Å². The fourth-order valence-electron chi connectivity index (χ4n) is 4.06. The highest BCUT2D eigenvalue weighted by Gasteiger charge is 2.46. The molecule has 2 aromatic rings. The number of rotatable bonds is 3. The number of halogens is 3. The maximum absolute atomic E-state index is 13.4. The first-order chi connectivity index (χ1) is 14.3. The van der Waals surface area contributed by atoms with E-state index in [1.54, 1.807) is 35.2 Å². The first kappa shape index (κ1) is 20.2. The van der Waals surface area contributed by atoms with Gasteiger partial charge in [-0.15, -0.1) is 0 Å². The Morgan fingerprint density at radius 2 is 1.83 bits per heavy atom. The number of nitrogens with zero attached hydrogens (tertiary/aromatic N) is 2. The van der Waals surface area contributed by atoms with Crippen LogP contribution in [0.25, 0.3) is 0 Å². The molecule has 1 saturated heterocycles. The summed E-state index contributed by atoms with van der Waals surface area (Å²) in [5.41, 5.74) is 2.13. The maximum atomic E-state index is 13.4. The molecule has 4 nitrogen and oxygen atoms in total. The number of amides is 1. The molecule has 156 valence electrons. The molecule has 0 saturated carbocycles. The van der Waals surface area contributed by atoms with E-state index in [2.05, 4.69) is 10.3 Å². The van der Waals surface area contributed by atoms with Gasteiger partial charge in [0.1, 0.15) is 5.71 Å². The van der Waals surface area contributed by atoms with Crippen LogP contribution in [0.3, 0.4) is 0 Å². The Bertz CT molecular complexity index is 1030. The van der Waals surface area contributed by atoms with Crippen molar-refractivity contribution in [3.8, 4) is 0 Å². The number of carbonyl (C=O) groups is 1. The molecule has 4 rings (SSSR count). The summed E-state index contributed by atoms with van der Waals surface area (Å²) in [6.07, 6.45) is -4.47. The third-order valence-electron chi connectivity index (χ3n) is 5.34. The normalized spacial score (nSPS) is 19.5. The summed E-state index contributed by atoms with van der Waals surface area (Å²) in [4.78, 5) is 19.5. The van der Waals surface area contributed by atoms with Crippen LogP contribution in [0.15, 0.2) is 70.9 Å². The molecule has 1 atom stereocenters. The summed E-state index contributed by atoms with van der Waals surface area (Å²) < 4.78 is 40.3. The van der Waals surface area contributed by atoms with Crippen LogP contribution in [0.5, 0.6) is 0 Å². The predicted octanol–water partition coefficient (Wildman–Crippen LogP) is 4.75. The van der Waals surface area contributed by atoms with E-state index in [1.807, 2.05) is 19.9 Å². The van der Waals surface area contributed by atoms with Crippen molar-refractivity contribution in [3.05, 3.63) is 77.0 Å². The number of nitrogens with one attached hydrogen (secondary N) is 1. The lowest BCUT2D eigenvalue weighted by molar-refractivity contribution is -0.137. The van der Waals surface area contributed by atoms with Gasteiger partial charge in [0.05, 0.1) is 18.2 Å². The molecule has 2 aromatic carbocycles. The van der Waals surface area contributed by atoms with Crippen LogP contribution in [-0.4, -0.2) is 24.7 Å². The van der Waals surface area contributed by atoms with Gasteiger partial charge in [-0.05, 0) is 35.7 Å². The molecular weight excluding hydrogens is 391 g/mol. The molecule has 2 heterocycles. The van der Waals surface area contributed by atoms with E-state index in [9.17, 15) is 18.0 Å². The highest BCUT2D eigenvalue weighted by Crippen LogP contribution is 2.43. The maximum Gasteiger partial charge on any atom is 0.416 e. The molecule has 1 N–H and O–H groups in total.